The lowest BCUT2D eigenvalue weighted by Crippen LogP contribution is -2.46. The summed E-state index contributed by atoms with van der Waals surface area (Å²) in [4.78, 5) is 12.0. The van der Waals surface area contributed by atoms with Crippen LogP contribution in [0.4, 0.5) is 0 Å². The van der Waals surface area contributed by atoms with E-state index in [2.05, 4.69) is 30.0 Å². The number of hydrogen-bond donors (Lipinski definition) is 0. The number of rotatable bonds is 2. The van der Waals surface area contributed by atoms with Crippen LogP contribution < -0.4 is 0 Å². The molecule has 3 unspecified atom stereocenters. The van der Waals surface area contributed by atoms with Crippen molar-refractivity contribution in [2.45, 2.75) is 64.5 Å². The maximum Gasteiger partial charge on any atom is 0.220 e. The molecule has 3 atom stereocenters. The maximum absolute atomic E-state index is 4.76. The molecule has 3 aliphatic rings. The quantitative estimate of drug-likeness (QED) is 0.737. The van der Waals surface area contributed by atoms with E-state index in [4.69, 9.17) is 4.99 Å². The molecule has 0 radical (unpaired) electrons. The molecule has 0 aromatic carbocycles. The van der Waals surface area contributed by atoms with Crippen molar-refractivity contribution < 1.29 is 0 Å². The number of fused-ring (bicyclic) bond motifs is 2. The van der Waals surface area contributed by atoms with Crippen LogP contribution in [0.1, 0.15) is 52.4 Å². The van der Waals surface area contributed by atoms with Crippen molar-refractivity contribution in [2.75, 3.05) is 6.54 Å². The van der Waals surface area contributed by atoms with Gasteiger partial charge in [0.15, 0.2) is 0 Å². The highest BCUT2D eigenvalue weighted by molar-refractivity contribution is 5.90. The van der Waals surface area contributed by atoms with Gasteiger partial charge in [-0.1, -0.05) is 20.3 Å². The molecule has 0 saturated carbocycles. The standard InChI is InChI=1S/C15H25N3/c1-3-4-12-9-16-15(17-10-12)18-13-5-6-14(18)8-11(2)7-13/h9,11-14H,3-8,10H2,1-2H3. The van der Waals surface area contributed by atoms with Crippen molar-refractivity contribution in [3.63, 3.8) is 0 Å². The molecule has 0 N–H and O–H groups in total. The second-order valence-electron chi connectivity index (χ2n) is 6.34. The van der Waals surface area contributed by atoms with Gasteiger partial charge in [-0.05, 0) is 38.0 Å². The molecule has 3 nitrogen and oxygen atoms in total. The normalized spacial score (nSPS) is 39.0. The molecule has 18 heavy (non-hydrogen) atoms. The summed E-state index contributed by atoms with van der Waals surface area (Å²) >= 11 is 0. The number of piperidine rings is 1. The zero-order valence-electron chi connectivity index (χ0n) is 11.7. The smallest absolute Gasteiger partial charge is 0.220 e. The third kappa shape index (κ3) is 2.19. The lowest BCUT2D eigenvalue weighted by atomic mass is 9.92. The summed E-state index contributed by atoms with van der Waals surface area (Å²) in [5.74, 6) is 2.52. The van der Waals surface area contributed by atoms with E-state index >= 15 is 0 Å². The Balaban J connectivity index is 1.68. The second-order valence-corrected chi connectivity index (χ2v) is 6.34. The molecule has 0 aromatic rings. The molecule has 0 spiro atoms. The fourth-order valence-electron chi connectivity index (χ4n) is 3.92. The van der Waals surface area contributed by atoms with Gasteiger partial charge in [-0.25, -0.2) is 4.99 Å². The van der Waals surface area contributed by atoms with E-state index < -0.39 is 0 Å². The zero-order valence-corrected chi connectivity index (χ0v) is 11.7. The fourth-order valence-corrected chi connectivity index (χ4v) is 3.92. The van der Waals surface area contributed by atoms with Gasteiger partial charge >= 0.3 is 0 Å². The molecule has 2 bridgehead atoms. The second kappa shape index (κ2) is 5.02. The Kier molecular flexibility index (Phi) is 3.40. The predicted molar refractivity (Wildman–Crippen MR) is 76.2 cm³/mol. The van der Waals surface area contributed by atoms with Gasteiger partial charge in [0.1, 0.15) is 0 Å². The Morgan fingerprint density at radius 1 is 1.28 bits per heavy atom. The van der Waals surface area contributed by atoms with Crippen molar-refractivity contribution in [3.05, 3.63) is 0 Å². The van der Waals surface area contributed by atoms with Crippen molar-refractivity contribution >= 4 is 12.2 Å². The molecule has 3 aliphatic heterocycles. The third-order valence-corrected chi connectivity index (χ3v) is 4.73. The van der Waals surface area contributed by atoms with Crippen molar-refractivity contribution in [1.82, 2.24) is 4.90 Å². The molecule has 0 aliphatic carbocycles. The number of guanidine groups is 1. The van der Waals surface area contributed by atoms with Gasteiger partial charge in [0.25, 0.3) is 0 Å². The lowest BCUT2D eigenvalue weighted by molar-refractivity contribution is 0.187. The minimum Gasteiger partial charge on any atom is -0.335 e. The molecule has 0 amide bonds. The summed E-state index contributed by atoms with van der Waals surface area (Å²) in [5.41, 5.74) is 0. The molecule has 2 saturated heterocycles. The zero-order chi connectivity index (χ0) is 12.5. The van der Waals surface area contributed by atoms with Gasteiger partial charge in [0.2, 0.25) is 5.96 Å². The van der Waals surface area contributed by atoms with Gasteiger partial charge in [0, 0.05) is 24.2 Å². The van der Waals surface area contributed by atoms with Gasteiger partial charge in [-0.15, -0.1) is 0 Å². The molecule has 3 heterocycles. The van der Waals surface area contributed by atoms with E-state index in [0.717, 1.165) is 30.5 Å². The van der Waals surface area contributed by atoms with Gasteiger partial charge in [0.05, 0.1) is 6.54 Å². The maximum atomic E-state index is 4.76. The summed E-state index contributed by atoms with van der Waals surface area (Å²) < 4.78 is 0. The van der Waals surface area contributed by atoms with Crippen molar-refractivity contribution in [2.24, 2.45) is 21.8 Å². The average Bonchev–Trinajstić information content (AvgIpc) is 2.64. The molecule has 100 valence electrons. The van der Waals surface area contributed by atoms with Crippen LogP contribution >= 0.6 is 0 Å². The summed E-state index contributed by atoms with van der Waals surface area (Å²) in [6, 6.07) is 1.44. The minimum absolute atomic E-state index is 0.583. The Hall–Kier alpha value is -0.860. The molecule has 3 rings (SSSR count). The largest absolute Gasteiger partial charge is 0.335 e. The van der Waals surface area contributed by atoms with Gasteiger partial charge in [-0.3, -0.25) is 4.99 Å². The Bertz CT molecular complexity index is 347. The van der Waals surface area contributed by atoms with Crippen LogP contribution in [0.3, 0.4) is 0 Å². The Morgan fingerprint density at radius 2 is 2.00 bits per heavy atom. The summed E-state index contributed by atoms with van der Waals surface area (Å²) in [7, 11) is 0. The van der Waals surface area contributed by atoms with E-state index in [-0.39, 0.29) is 0 Å². The van der Waals surface area contributed by atoms with Crippen LogP contribution in [0, 0.1) is 11.8 Å². The monoisotopic (exact) mass is 247 g/mol. The fraction of sp³-hybridized carbons (Fsp3) is 0.867. The van der Waals surface area contributed by atoms with Crippen LogP contribution in [0.25, 0.3) is 0 Å². The van der Waals surface area contributed by atoms with E-state index in [9.17, 15) is 0 Å². The van der Waals surface area contributed by atoms with Gasteiger partial charge in [-0.2, -0.15) is 0 Å². The number of hydrogen-bond acceptors (Lipinski definition) is 3. The topological polar surface area (TPSA) is 28.0 Å². The third-order valence-electron chi connectivity index (χ3n) is 4.73. The lowest BCUT2D eigenvalue weighted by Gasteiger charge is -2.39. The Morgan fingerprint density at radius 3 is 2.56 bits per heavy atom. The van der Waals surface area contributed by atoms with Crippen molar-refractivity contribution in [3.8, 4) is 0 Å². The number of nitrogens with zero attached hydrogens (tertiary/aromatic N) is 3. The Labute approximate surface area is 110 Å². The first-order chi connectivity index (χ1) is 8.78. The highest BCUT2D eigenvalue weighted by atomic mass is 15.3. The summed E-state index contributed by atoms with van der Waals surface area (Å²) in [6.07, 6.45) is 9.98. The van der Waals surface area contributed by atoms with Crippen LogP contribution in [0.5, 0.6) is 0 Å². The van der Waals surface area contributed by atoms with Crippen LogP contribution in [0.2, 0.25) is 0 Å². The van der Waals surface area contributed by atoms with Crippen LogP contribution in [-0.2, 0) is 0 Å². The number of aliphatic imine (C=N–C) groups is 2. The van der Waals surface area contributed by atoms with E-state index in [1.165, 1.54) is 38.5 Å². The van der Waals surface area contributed by atoms with Crippen molar-refractivity contribution in [1.29, 1.82) is 0 Å². The first-order valence-corrected chi connectivity index (χ1v) is 7.65. The van der Waals surface area contributed by atoms with E-state index in [1.807, 2.05) is 0 Å². The van der Waals surface area contributed by atoms with Crippen LogP contribution in [-0.4, -0.2) is 35.7 Å². The van der Waals surface area contributed by atoms with E-state index in [1.54, 1.807) is 0 Å². The van der Waals surface area contributed by atoms with Gasteiger partial charge < -0.3 is 4.90 Å². The average molecular weight is 247 g/mol. The predicted octanol–water partition coefficient (Wildman–Crippen LogP) is 3.11. The molecule has 3 heteroatoms. The highest BCUT2D eigenvalue weighted by Crippen LogP contribution is 2.39. The first kappa shape index (κ1) is 12.2. The molecular formula is C15H25N3. The molecular weight excluding hydrogens is 222 g/mol. The first-order valence-electron chi connectivity index (χ1n) is 7.65. The highest BCUT2D eigenvalue weighted by Gasteiger charge is 2.41. The van der Waals surface area contributed by atoms with E-state index in [0.29, 0.717) is 5.92 Å². The van der Waals surface area contributed by atoms with Crippen LogP contribution in [0.15, 0.2) is 9.98 Å². The summed E-state index contributed by atoms with van der Waals surface area (Å²) in [6.45, 7) is 5.59. The molecule has 2 fully saturated rings. The summed E-state index contributed by atoms with van der Waals surface area (Å²) in [5, 5.41) is 0. The minimum atomic E-state index is 0.583. The molecule has 0 aromatic heterocycles. The SMILES string of the molecule is CCCC1C=NC(N2C3CCC2CC(C)C3)=NC1.